The lowest BCUT2D eigenvalue weighted by Crippen LogP contribution is -2.39. The van der Waals surface area contributed by atoms with E-state index in [0.29, 0.717) is 36.1 Å². The Labute approximate surface area is 154 Å². The highest BCUT2D eigenvalue weighted by Crippen LogP contribution is 2.25. The second-order valence-corrected chi connectivity index (χ2v) is 7.01. The third kappa shape index (κ3) is 7.31. The van der Waals surface area contributed by atoms with Crippen molar-refractivity contribution in [3.8, 4) is 5.75 Å². The van der Waals surface area contributed by atoms with Crippen LogP contribution in [0.1, 0.15) is 56.5 Å². The van der Waals surface area contributed by atoms with Gasteiger partial charge in [0.05, 0.1) is 6.61 Å². The van der Waals surface area contributed by atoms with Gasteiger partial charge in [-0.25, -0.2) is 4.79 Å². The molecule has 26 heavy (non-hydrogen) atoms. The van der Waals surface area contributed by atoms with Crippen LogP contribution in [0.5, 0.6) is 5.75 Å². The first kappa shape index (κ1) is 21.8. The molecular formula is C19H30N2O5. The molecule has 0 radical (unpaired) electrons. The van der Waals surface area contributed by atoms with Gasteiger partial charge in [-0.1, -0.05) is 13.0 Å². The highest BCUT2D eigenvalue weighted by Gasteiger charge is 2.20. The zero-order valence-electron chi connectivity index (χ0n) is 16.0. The molecule has 0 aliphatic rings. The summed E-state index contributed by atoms with van der Waals surface area (Å²) >= 11 is 0. The summed E-state index contributed by atoms with van der Waals surface area (Å²) in [4.78, 5) is 23.7. The number of carbonyl (C=O) groups is 2. The number of alkyl carbamates (subject to hydrolysis) is 1. The topological polar surface area (TPSA) is 111 Å². The minimum Gasteiger partial charge on any atom is -0.491 e. The molecule has 1 aromatic carbocycles. The van der Waals surface area contributed by atoms with Gasteiger partial charge in [0.2, 0.25) is 5.91 Å². The van der Waals surface area contributed by atoms with E-state index in [2.05, 4.69) is 5.32 Å². The van der Waals surface area contributed by atoms with E-state index in [0.717, 1.165) is 0 Å². The highest BCUT2D eigenvalue weighted by atomic mass is 16.6. The summed E-state index contributed by atoms with van der Waals surface area (Å²) in [5.41, 5.74) is 5.96. The molecule has 2 amide bonds. The predicted octanol–water partition coefficient (Wildman–Crippen LogP) is 2.39. The van der Waals surface area contributed by atoms with Crippen LogP contribution in [0.4, 0.5) is 4.79 Å². The van der Waals surface area contributed by atoms with Gasteiger partial charge in [-0.3, -0.25) is 4.79 Å². The van der Waals surface area contributed by atoms with Crippen LogP contribution in [0, 0.1) is 0 Å². The van der Waals surface area contributed by atoms with Gasteiger partial charge in [-0.2, -0.15) is 0 Å². The smallest absolute Gasteiger partial charge is 0.407 e. The SMILES string of the molecule is CCC(CCc1c(OCCO)cccc1C(N)=O)NC(=O)OC(C)(C)C. The average molecular weight is 366 g/mol. The first-order valence-electron chi connectivity index (χ1n) is 8.82. The van der Waals surface area contributed by atoms with Gasteiger partial charge in [-0.15, -0.1) is 0 Å². The molecule has 0 spiro atoms. The van der Waals surface area contributed by atoms with Crippen molar-refractivity contribution in [3.05, 3.63) is 29.3 Å². The molecule has 4 N–H and O–H groups in total. The second kappa shape index (κ2) is 10.0. The number of hydrogen-bond donors (Lipinski definition) is 3. The van der Waals surface area contributed by atoms with E-state index in [4.69, 9.17) is 20.3 Å². The van der Waals surface area contributed by atoms with Gasteiger partial charge < -0.3 is 25.6 Å². The fourth-order valence-electron chi connectivity index (χ4n) is 2.52. The van der Waals surface area contributed by atoms with E-state index in [1.807, 2.05) is 6.92 Å². The average Bonchev–Trinajstić information content (AvgIpc) is 2.54. The van der Waals surface area contributed by atoms with Crippen molar-refractivity contribution in [2.45, 2.75) is 58.6 Å². The van der Waals surface area contributed by atoms with Crippen LogP contribution in [0.3, 0.4) is 0 Å². The van der Waals surface area contributed by atoms with Crippen LogP contribution >= 0.6 is 0 Å². The van der Waals surface area contributed by atoms with Gasteiger partial charge in [-0.05, 0) is 52.2 Å². The summed E-state index contributed by atoms with van der Waals surface area (Å²) in [6.07, 6.45) is 1.33. The number of rotatable bonds is 9. The lowest BCUT2D eigenvalue weighted by atomic mass is 9.97. The third-order valence-electron chi connectivity index (χ3n) is 3.70. The van der Waals surface area contributed by atoms with Gasteiger partial charge in [0.1, 0.15) is 18.0 Å². The number of nitrogens with two attached hydrogens (primary N) is 1. The maximum atomic E-state index is 12.0. The molecule has 0 saturated heterocycles. The zero-order chi connectivity index (χ0) is 19.7. The van der Waals surface area contributed by atoms with E-state index in [1.54, 1.807) is 39.0 Å². The number of amides is 2. The number of hydrogen-bond acceptors (Lipinski definition) is 5. The summed E-state index contributed by atoms with van der Waals surface area (Å²) in [6, 6.07) is 4.95. The number of benzene rings is 1. The molecule has 7 nitrogen and oxygen atoms in total. The van der Waals surface area contributed by atoms with E-state index in [9.17, 15) is 9.59 Å². The summed E-state index contributed by atoms with van der Waals surface area (Å²) in [7, 11) is 0. The number of ether oxygens (including phenoxy) is 2. The van der Waals surface area contributed by atoms with Crippen LogP contribution in [0.25, 0.3) is 0 Å². The molecule has 0 aliphatic carbocycles. The number of primary amides is 1. The van der Waals surface area contributed by atoms with Crippen LogP contribution in [0.2, 0.25) is 0 Å². The summed E-state index contributed by atoms with van der Waals surface area (Å²) < 4.78 is 10.8. The van der Waals surface area contributed by atoms with Gasteiger partial charge in [0.15, 0.2) is 0 Å². The Kier molecular flexibility index (Phi) is 8.38. The number of aliphatic hydroxyl groups excluding tert-OH is 1. The Morgan fingerprint density at radius 1 is 1.31 bits per heavy atom. The molecule has 7 heteroatoms. The fraction of sp³-hybridized carbons (Fsp3) is 0.579. The molecule has 0 heterocycles. The summed E-state index contributed by atoms with van der Waals surface area (Å²) in [5, 5.41) is 11.8. The minimum atomic E-state index is -0.563. The zero-order valence-corrected chi connectivity index (χ0v) is 16.0. The largest absolute Gasteiger partial charge is 0.491 e. The van der Waals surface area contributed by atoms with Crippen LogP contribution < -0.4 is 15.8 Å². The molecule has 0 fully saturated rings. The molecular weight excluding hydrogens is 336 g/mol. The lowest BCUT2D eigenvalue weighted by Gasteiger charge is -2.23. The van der Waals surface area contributed by atoms with Crippen molar-refractivity contribution in [2.24, 2.45) is 5.73 Å². The normalized spacial score (nSPS) is 12.3. The number of carbonyl (C=O) groups excluding carboxylic acids is 2. The lowest BCUT2D eigenvalue weighted by molar-refractivity contribution is 0.0500. The van der Waals surface area contributed by atoms with E-state index in [1.165, 1.54) is 0 Å². The van der Waals surface area contributed by atoms with Crippen molar-refractivity contribution in [3.63, 3.8) is 0 Å². The number of aliphatic hydroxyl groups is 1. The Hall–Kier alpha value is -2.28. The molecule has 1 atom stereocenters. The minimum absolute atomic E-state index is 0.114. The van der Waals surface area contributed by atoms with Crippen LogP contribution in [0.15, 0.2) is 18.2 Å². The van der Waals surface area contributed by atoms with E-state index < -0.39 is 17.6 Å². The quantitative estimate of drug-likeness (QED) is 0.621. The Balaban J connectivity index is 2.85. The van der Waals surface area contributed by atoms with Crippen LogP contribution in [-0.2, 0) is 11.2 Å². The first-order valence-corrected chi connectivity index (χ1v) is 8.82. The molecule has 0 aliphatic heterocycles. The maximum absolute atomic E-state index is 12.0. The van der Waals surface area contributed by atoms with Crippen molar-refractivity contribution in [1.29, 1.82) is 0 Å². The molecule has 0 bridgehead atoms. The van der Waals surface area contributed by atoms with E-state index in [-0.39, 0.29) is 19.3 Å². The first-order chi connectivity index (χ1) is 12.2. The Morgan fingerprint density at radius 2 is 2.00 bits per heavy atom. The standard InChI is InChI=1S/C19H30N2O5/c1-5-13(21-18(24)26-19(2,3)4)9-10-14-15(17(20)23)7-6-8-16(14)25-12-11-22/h6-8,13,22H,5,9-12H2,1-4H3,(H2,20,23)(H,21,24). The van der Waals surface area contributed by atoms with Crippen LogP contribution in [-0.4, -0.2) is 42.0 Å². The van der Waals surface area contributed by atoms with Crippen molar-refractivity contribution in [2.75, 3.05) is 13.2 Å². The number of nitrogens with one attached hydrogen (secondary N) is 1. The Morgan fingerprint density at radius 3 is 2.54 bits per heavy atom. The van der Waals surface area contributed by atoms with Crippen molar-refractivity contribution in [1.82, 2.24) is 5.32 Å². The van der Waals surface area contributed by atoms with Gasteiger partial charge in [0.25, 0.3) is 0 Å². The van der Waals surface area contributed by atoms with Crippen molar-refractivity contribution < 1.29 is 24.2 Å². The fourth-order valence-corrected chi connectivity index (χ4v) is 2.52. The molecule has 1 rings (SSSR count). The van der Waals surface area contributed by atoms with Crippen molar-refractivity contribution >= 4 is 12.0 Å². The molecule has 146 valence electrons. The van der Waals surface area contributed by atoms with Gasteiger partial charge in [0, 0.05) is 17.2 Å². The van der Waals surface area contributed by atoms with E-state index >= 15 is 0 Å². The molecule has 0 saturated carbocycles. The molecule has 0 aromatic heterocycles. The summed E-state index contributed by atoms with van der Waals surface area (Å²) in [5.74, 6) is -0.0231. The molecule has 1 unspecified atom stereocenters. The second-order valence-electron chi connectivity index (χ2n) is 7.01. The highest BCUT2D eigenvalue weighted by molar-refractivity contribution is 5.95. The predicted molar refractivity (Wildman–Crippen MR) is 99.3 cm³/mol. The third-order valence-corrected chi connectivity index (χ3v) is 3.70. The molecule has 1 aromatic rings. The maximum Gasteiger partial charge on any atom is 0.407 e. The summed E-state index contributed by atoms with van der Waals surface area (Å²) in [6.45, 7) is 7.38. The van der Waals surface area contributed by atoms with Gasteiger partial charge >= 0.3 is 6.09 Å². The Bertz CT molecular complexity index is 610. The monoisotopic (exact) mass is 366 g/mol.